The van der Waals surface area contributed by atoms with Gasteiger partial charge in [0.25, 0.3) is 5.91 Å². The highest BCUT2D eigenvalue weighted by Crippen LogP contribution is 2.57. The number of fused-ring (bicyclic) bond motifs is 3. The number of aromatic carboxylic acids is 2. The number of nitrogens with zero attached hydrogens (tertiary/aromatic N) is 1. The second-order valence-electron chi connectivity index (χ2n) is 11.8. The lowest BCUT2D eigenvalue weighted by Gasteiger charge is -2.53. The van der Waals surface area contributed by atoms with Crippen molar-refractivity contribution >= 4 is 40.9 Å². The number of benzene rings is 2. The number of aliphatic hydroxyl groups excluding tert-OH is 2. The Morgan fingerprint density at radius 2 is 1.63 bits per heavy atom. The summed E-state index contributed by atoms with van der Waals surface area (Å²) in [6.07, 6.45) is -0.309. The molecule has 46 heavy (non-hydrogen) atoms. The van der Waals surface area contributed by atoms with Crippen LogP contribution in [0.1, 0.15) is 45.2 Å². The fourth-order valence-corrected chi connectivity index (χ4v) is 6.90. The number of phenols is 1. The predicted octanol–water partition coefficient (Wildman–Crippen LogP) is 0.726. The lowest BCUT2D eigenvalue weighted by Crippen LogP contribution is -2.67. The van der Waals surface area contributed by atoms with Crippen LogP contribution in [0.25, 0.3) is 5.76 Å². The smallest absolute Gasteiger partial charge is 0.338 e. The summed E-state index contributed by atoms with van der Waals surface area (Å²) in [7, 11) is 2.90. The van der Waals surface area contributed by atoms with E-state index in [0.29, 0.717) is 0 Å². The van der Waals surface area contributed by atoms with Gasteiger partial charge in [-0.15, -0.1) is 0 Å². The molecule has 0 unspecified atom stereocenters. The largest absolute Gasteiger partial charge is 0.508 e. The number of amides is 1. The van der Waals surface area contributed by atoms with Crippen LogP contribution in [0, 0.1) is 11.8 Å². The van der Waals surface area contributed by atoms with Gasteiger partial charge in [0.1, 0.15) is 22.8 Å². The molecule has 15 nitrogen and oxygen atoms in total. The standard InChI is InChI=1S/C31H31N3O12/c1-30(45)13-7-5-9-17(35)19(13)23(36)20-14(30)10-15-22(34(2)3)24(37)21(26(39)31(15,46)25(20)38)27(40)33-11-32-16-8-4-6-12(28(41)42)18(16)29(43)44/h4-9,14-15,22,32,35-36,39,45-46H,10-11H2,1-3H3,(H,33,40)(H,41,42)(H,43,44)/t14-,15-,22-,30+,31-/m0/s1. The van der Waals surface area contributed by atoms with Gasteiger partial charge in [0, 0.05) is 17.4 Å². The van der Waals surface area contributed by atoms with E-state index in [-0.39, 0.29) is 23.2 Å². The van der Waals surface area contributed by atoms with Gasteiger partial charge in [-0.25, -0.2) is 9.59 Å². The molecular formula is C31H31N3O12. The molecule has 3 aliphatic rings. The number of Topliss-reactive ketones (excluding diaryl/α,β-unsaturated/α-hetero) is 2. The predicted molar refractivity (Wildman–Crippen MR) is 158 cm³/mol. The number of carbonyl (C=O) groups is 5. The topological polar surface area (TPSA) is 254 Å². The van der Waals surface area contributed by atoms with E-state index >= 15 is 0 Å². The maximum atomic E-state index is 14.1. The van der Waals surface area contributed by atoms with Crippen LogP contribution in [0.5, 0.6) is 5.75 Å². The first-order valence-corrected chi connectivity index (χ1v) is 14.0. The van der Waals surface area contributed by atoms with Gasteiger partial charge in [-0.1, -0.05) is 18.2 Å². The number of carbonyl (C=O) groups excluding carboxylic acids is 3. The van der Waals surface area contributed by atoms with Gasteiger partial charge in [-0.05, 0) is 51.2 Å². The van der Waals surface area contributed by atoms with Crippen LogP contribution in [0.2, 0.25) is 0 Å². The number of ketones is 2. The van der Waals surface area contributed by atoms with Gasteiger partial charge >= 0.3 is 11.9 Å². The van der Waals surface area contributed by atoms with Crippen molar-refractivity contribution in [2.75, 3.05) is 26.1 Å². The number of aromatic hydroxyl groups is 1. The summed E-state index contributed by atoms with van der Waals surface area (Å²) in [4.78, 5) is 65.9. The molecule has 9 N–H and O–H groups in total. The summed E-state index contributed by atoms with van der Waals surface area (Å²) in [6, 6.07) is 6.32. The monoisotopic (exact) mass is 637 g/mol. The van der Waals surface area contributed by atoms with E-state index in [4.69, 9.17) is 0 Å². The Kier molecular flexibility index (Phi) is 7.67. The third-order valence-corrected chi connectivity index (χ3v) is 9.04. The Morgan fingerprint density at radius 1 is 0.978 bits per heavy atom. The Hall–Kier alpha value is -5.25. The van der Waals surface area contributed by atoms with Gasteiger partial charge in [0.05, 0.1) is 40.7 Å². The van der Waals surface area contributed by atoms with Crippen LogP contribution in [-0.4, -0.2) is 102 Å². The number of carboxylic acid groups (broad SMARTS) is 2. The average molecular weight is 638 g/mol. The zero-order chi connectivity index (χ0) is 34.0. The SMILES string of the molecule is CN(C)[C@@H]1C(=O)C(C(=O)NCNc2cccc(C(=O)O)c2C(=O)O)=C(O)[C@@]2(O)C(=O)C3=C(O)c4c(O)cccc4[C@@](C)(O)[C@H]3C[C@@H]12. The molecule has 0 radical (unpaired) electrons. The van der Waals surface area contributed by atoms with Crippen LogP contribution in [-0.2, 0) is 20.0 Å². The maximum absolute atomic E-state index is 14.1. The Labute approximate surface area is 260 Å². The molecule has 0 bridgehead atoms. The molecule has 1 saturated carbocycles. The van der Waals surface area contributed by atoms with E-state index in [1.165, 1.54) is 56.3 Å². The summed E-state index contributed by atoms with van der Waals surface area (Å²) >= 11 is 0. The van der Waals surface area contributed by atoms with Crippen molar-refractivity contribution in [3.05, 3.63) is 75.6 Å². The van der Waals surface area contributed by atoms with Gasteiger partial charge < -0.3 is 46.4 Å². The molecule has 5 atom stereocenters. The number of aliphatic hydroxyl groups is 4. The first kappa shape index (κ1) is 32.2. The highest BCUT2D eigenvalue weighted by atomic mass is 16.4. The fourth-order valence-electron chi connectivity index (χ4n) is 6.90. The van der Waals surface area contributed by atoms with Crippen molar-refractivity contribution in [2.45, 2.75) is 30.6 Å². The van der Waals surface area contributed by atoms with E-state index in [1.807, 2.05) is 0 Å². The number of anilines is 1. The number of likely N-dealkylation sites (N-methyl/N-ethyl adjacent to an activating group) is 1. The molecule has 0 saturated heterocycles. The molecule has 3 aliphatic carbocycles. The highest BCUT2D eigenvalue weighted by Gasteiger charge is 2.66. The lowest BCUT2D eigenvalue weighted by atomic mass is 9.54. The minimum atomic E-state index is -2.92. The summed E-state index contributed by atoms with van der Waals surface area (Å²) in [5.41, 5.74) is -7.73. The van der Waals surface area contributed by atoms with Gasteiger partial charge in [0.15, 0.2) is 11.4 Å². The van der Waals surface area contributed by atoms with Crippen LogP contribution in [0.3, 0.4) is 0 Å². The molecule has 0 heterocycles. The van der Waals surface area contributed by atoms with Crippen LogP contribution < -0.4 is 10.6 Å². The molecule has 2 aromatic carbocycles. The number of hydrogen-bond acceptors (Lipinski definition) is 12. The van der Waals surface area contributed by atoms with Crippen molar-refractivity contribution in [3.63, 3.8) is 0 Å². The molecule has 5 rings (SSSR count). The summed E-state index contributed by atoms with van der Waals surface area (Å²) < 4.78 is 0. The van der Waals surface area contributed by atoms with Crippen molar-refractivity contribution in [1.82, 2.24) is 10.2 Å². The molecule has 0 aliphatic heterocycles. The van der Waals surface area contributed by atoms with Crippen molar-refractivity contribution in [3.8, 4) is 5.75 Å². The van der Waals surface area contributed by atoms with Gasteiger partial charge in [0.2, 0.25) is 5.78 Å². The molecule has 1 fully saturated rings. The number of rotatable bonds is 7. The zero-order valence-corrected chi connectivity index (χ0v) is 24.7. The Bertz CT molecular complexity index is 1790. The molecule has 0 spiro atoms. The van der Waals surface area contributed by atoms with Crippen molar-refractivity contribution in [2.24, 2.45) is 11.8 Å². The first-order chi connectivity index (χ1) is 21.5. The molecule has 2 aromatic rings. The van der Waals surface area contributed by atoms with Crippen molar-refractivity contribution < 1.29 is 59.7 Å². The average Bonchev–Trinajstić information content (AvgIpc) is 2.97. The minimum absolute atomic E-state index is 0.104. The van der Waals surface area contributed by atoms with E-state index in [0.717, 1.165) is 6.07 Å². The van der Waals surface area contributed by atoms with E-state index in [2.05, 4.69) is 10.6 Å². The third-order valence-electron chi connectivity index (χ3n) is 9.04. The fraction of sp³-hybridized carbons (Fsp3) is 0.323. The van der Waals surface area contributed by atoms with Crippen LogP contribution in [0.15, 0.2) is 53.3 Å². The molecule has 242 valence electrons. The third kappa shape index (κ3) is 4.50. The minimum Gasteiger partial charge on any atom is -0.508 e. The van der Waals surface area contributed by atoms with E-state index < -0.39 is 105 Å². The molecule has 15 heteroatoms. The Morgan fingerprint density at radius 3 is 2.24 bits per heavy atom. The Balaban J connectivity index is 1.55. The van der Waals surface area contributed by atoms with Gasteiger partial charge in [-0.3, -0.25) is 19.3 Å². The summed E-state index contributed by atoms with van der Waals surface area (Å²) in [5, 5.41) is 80.3. The molecular weight excluding hydrogens is 606 g/mol. The second kappa shape index (κ2) is 11.0. The number of phenolic OH excluding ortho intramolecular Hbond substituents is 1. The van der Waals surface area contributed by atoms with Crippen molar-refractivity contribution in [1.29, 1.82) is 0 Å². The van der Waals surface area contributed by atoms with Crippen LogP contribution in [0.4, 0.5) is 5.69 Å². The van der Waals surface area contributed by atoms with E-state index in [1.54, 1.807) is 0 Å². The lowest BCUT2D eigenvalue weighted by molar-refractivity contribution is -0.159. The highest BCUT2D eigenvalue weighted by molar-refractivity contribution is 6.25. The quantitative estimate of drug-likeness (QED) is 0.150. The molecule has 1 amide bonds. The second-order valence-corrected chi connectivity index (χ2v) is 11.8. The summed E-state index contributed by atoms with van der Waals surface area (Å²) in [6.45, 7) is 0.778. The van der Waals surface area contributed by atoms with E-state index in [9.17, 15) is 59.7 Å². The summed E-state index contributed by atoms with van der Waals surface area (Å²) in [5.74, 6) is -11.7. The number of nitrogens with one attached hydrogen (secondary N) is 2. The normalized spacial score (nSPS) is 27.1. The van der Waals surface area contributed by atoms with Crippen LogP contribution >= 0.6 is 0 Å². The number of carboxylic acids is 2. The molecule has 0 aromatic heterocycles. The number of hydrogen-bond donors (Lipinski definition) is 9. The first-order valence-electron chi connectivity index (χ1n) is 14.0. The maximum Gasteiger partial charge on any atom is 0.338 e. The van der Waals surface area contributed by atoms with Gasteiger partial charge in [-0.2, -0.15) is 0 Å². The zero-order valence-electron chi connectivity index (χ0n) is 24.7.